The number of benzene rings is 1. The first-order chi connectivity index (χ1) is 7.72. The zero-order chi connectivity index (χ0) is 11.8. The third-order valence-corrected chi connectivity index (χ3v) is 2.80. The lowest BCUT2D eigenvalue weighted by molar-refractivity contribution is 0.473. The molecular weight excluding hydrogens is 198 g/mol. The van der Waals surface area contributed by atoms with Gasteiger partial charge in [0.05, 0.1) is 0 Å². The van der Waals surface area contributed by atoms with Gasteiger partial charge in [-0.3, -0.25) is 0 Å². The van der Waals surface area contributed by atoms with E-state index in [-0.39, 0.29) is 0 Å². The van der Waals surface area contributed by atoms with Crippen molar-refractivity contribution >= 4 is 0 Å². The lowest BCUT2D eigenvalue weighted by Crippen LogP contribution is -2.23. The van der Waals surface area contributed by atoms with Crippen LogP contribution in [-0.2, 0) is 6.42 Å². The third-order valence-electron chi connectivity index (χ3n) is 2.80. The Morgan fingerprint density at radius 2 is 1.94 bits per heavy atom. The second kappa shape index (κ2) is 7.29. The van der Waals surface area contributed by atoms with Gasteiger partial charge in [-0.05, 0) is 49.5 Å². The third kappa shape index (κ3) is 5.17. The van der Waals surface area contributed by atoms with Gasteiger partial charge in [-0.25, -0.2) is 0 Å². The highest BCUT2D eigenvalue weighted by Crippen LogP contribution is 2.09. The van der Waals surface area contributed by atoms with Crippen molar-refractivity contribution in [2.45, 2.75) is 33.1 Å². The number of phenolic OH excluding ortho intramolecular Hbond substituents is 1. The molecule has 0 aliphatic carbocycles. The molecule has 0 aliphatic rings. The Bertz CT molecular complexity index is 281. The van der Waals surface area contributed by atoms with Crippen molar-refractivity contribution in [1.29, 1.82) is 0 Å². The monoisotopic (exact) mass is 221 g/mol. The van der Waals surface area contributed by atoms with E-state index in [0.29, 0.717) is 5.75 Å². The van der Waals surface area contributed by atoms with Crippen LogP contribution in [0.25, 0.3) is 0 Å². The Morgan fingerprint density at radius 3 is 2.56 bits per heavy atom. The Balaban J connectivity index is 2.13. The molecule has 0 fully saturated rings. The summed E-state index contributed by atoms with van der Waals surface area (Å²) < 4.78 is 0. The Kier molecular flexibility index (Phi) is 5.94. The van der Waals surface area contributed by atoms with E-state index < -0.39 is 0 Å². The quantitative estimate of drug-likeness (QED) is 0.694. The summed E-state index contributed by atoms with van der Waals surface area (Å²) in [4.78, 5) is 0. The average molecular weight is 221 g/mol. The van der Waals surface area contributed by atoms with Gasteiger partial charge < -0.3 is 10.4 Å². The lowest BCUT2D eigenvalue weighted by Gasteiger charge is -2.11. The normalized spacial score (nSPS) is 12.6. The molecule has 0 aliphatic heterocycles. The molecule has 2 N–H and O–H groups in total. The van der Waals surface area contributed by atoms with Crippen molar-refractivity contribution in [3.8, 4) is 5.75 Å². The van der Waals surface area contributed by atoms with Gasteiger partial charge in [0.15, 0.2) is 0 Å². The van der Waals surface area contributed by atoms with Crippen LogP contribution in [0.5, 0.6) is 5.75 Å². The van der Waals surface area contributed by atoms with Gasteiger partial charge >= 0.3 is 0 Å². The molecule has 0 amide bonds. The Morgan fingerprint density at radius 1 is 1.25 bits per heavy atom. The summed E-state index contributed by atoms with van der Waals surface area (Å²) >= 11 is 0. The maximum atomic E-state index is 9.14. The Labute approximate surface area is 98.7 Å². The molecular formula is C14H23NO. The predicted octanol–water partition coefficient (Wildman–Crippen LogP) is 2.96. The first-order valence-corrected chi connectivity index (χ1v) is 6.21. The molecule has 16 heavy (non-hydrogen) atoms. The summed E-state index contributed by atoms with van der Waals surface area (Å²) in [5.41, 5.74) is 1.27. The molecule has 0 bridgehead atoms. The van der Waals surface area contributed by atoms with Crippen LogP contribution >= 0.6 is 0 Å². The van der Waals surface area contributed by atoms with Crippen LogP contribution < -0.4 is 5.32 Å². The van der Waals surface area contributed by atoms with Crippen LogP contribution in [0, 0.1) is 5.92 Å². The highest BCUT2D eigenvalue weighted by Gasteiger charge is 1.99. The molecule has 0 radical (unpaired) electrons. The first-order valence-electron chi connectivity index (χ1n) is 6.21. The largest absolute Gasteiger partial charge is 0.508 e. The summed E-state index contributed by atoms with van der Waals surface area (Å²) in [7, 11) is 0. The molecule has 1 aromatic rings. The van der Waals surface area contributed by atoms with Crippen LogP contribution in [0.3, 0.4) is 0 Å². The van der Waals surface area contributed by atoms with Crippen molar-refractivity contribution in [2.24, 2.45) is 5.92 Å². The fraction of sp³-hybridized carbons (Fsp3) is 0.571. The topological polar surface area (TPSA) is 32.3 Å². The number of rotatable bonds is 7. The number of phenols is 1. The van der Waals surface area contributed by atoms with E-state index in [1.165, 1.54) is 18.4 Å². The molecule has 1 aromatic carbocycles. The molecule has 0 heterocycles. The zero-order valence-corrected chi connectivity index (χ0v) is 10.4. The van der Waals surface area contributed by atoms with Crippen molar-refractivity contribution in [3.05, 3.63) is 29.8 Å². The fourth-order valence-corrected chi connectivity index (χ4v) is 1.84. The van der Waals surface area contributed by atoms with Crippen molar-refractivity contribution in [2.75, 3.05) is 13.1 Å². The van der Waals surface area contributed by atoms with Crippen LogP contribution in [0.4, 0.5) is 0 Å². The van der Waals surface area contributed by atoms with E-state index in [1.54, 1.807) is 12.1 Å². The predicted molar refractivity (Wildman–Crippen MR) is 68.8 cm³/mol. The molecule has 0 spiro atoms. The number of hydrogen-bond acceptors (Lipinski definition) is 2. The second-order valence-electron chi connectivity index (χ2n) is 4.51. The summed E-state index contributed by atoms with van der Waals surface area (Å²) in [5.74, 6) is 1.11. The molecule has 0 aromatic heterocycles. The highest BCUT2D eigenvalue weighted by atomic mass is 16.3. The minimum absolute atomic E-state index is 0.341. The van der Waals surface area contributed by atoms with Crippen LogP contribution in [0.15, 0.2) is 24.3 Å². The van der Waals surface area contributed by atoms with Gasteiger partial charge in [0.1, 0.15) is 5.75 Å². The standard InChI is InChI=1S/C14H23NO/c1-3-4-12(2)11-15-10-9-13-5-7-14(16)8-6-13/h5-8,12,15-16H,3-4,9-11H2,1-2H3. The summed E-state index contributed by atoms with van der Waals surface area (Å²) in [6.07, 6.45) is 3.59. The first kappa shape index (κ1) is 13.0. The van der Waals surface area contributed by atoms with E-state index in [9.17, 15) is 0 Å². The van der Waals surface area contributed by atoms with Crippen molar-refractivity contribution in [3.63, 3.8) is 0 Å². The van der Waals surface area contributed by atoms with Gasteiger partial charge in [-0.2, -0.15) is 0 Å². The average Bonchev–Trinajstić information content (AvgIpc) is 2.27. The summed E-state index contributed by atoms with van der Waals surface area (Å²) in [6, 6.07) is 7.45. The molecule has 1 rings (SSSR count). The molecule has 2 heteroatoms. The van der Waals surface area contributed by atoms with Gasteiger partial charge in [0, 0.05) is 0 Å². The van der Waals surface area contributed by atoms with Gasteiger partial charge in [-0.1, -0.05) is 32.4 Å². The highest BCUT2D eigenvalue weighted by molar-refractivity contribution is 5.25. The van der Waals surface area contributed by atoms with Gasteiger partial charge in [0.2, 0.25) is 0 Å². The molecule has 1 atom stereocenters. The molecule has 0 saturated carbocycles. The lowest BCUT2D eigenvalue weighted by atomic mass is 10.1. The van der Waals surface area contributed by atoms with E-state index in [4.69, 9.17) is 5.11 Å². The molecule has 0 saturated heterocycles. The van der Waals surface area contributed by atoms with Crippen LogP contribution in [0.2, 0.25) is 0 Å². The molecule has 90 valence electrons. The Hall–Kier alpha value is -1.02. The molecule has 1 unspecified atom stereocenters. The van der Waals surface area contributed by atoms with Crippen molar-refractivity contribution in [1.82, 2.24) is 5.32 Å². The summed E-state index contributed by atoms with van der Waals surface area (Å²) in [6.45, 7) is 6.63. The zero-order valence-electron chi connectivity index (χ0n) is 10.4. The number of aromatic hydroxyl groups is 1. The van der Waals surface area contributed by atoms with Crippen LogP contribution in [-0.4, -0.2) is 18.2 Å². The fourth-order valence-electron chi connectivity index (χ4n) is 1.84. The van der Waals surface area contributed by atoms with Gasteiger partial charge in [-0.15, -0.1) is 0 Å². The number of hydrogen-bond donors (Lipinski definition) is 2. The van der Waals surface area contributed by atoms with Crippen LogP contribution in [0.1, 0.15) is 32.3 Å². The maximum Gasteiger partial charge on any atom is 0.115 e. The second-order valence-corrected chi connectivity index (χ2v) is 4.51. The maximum absolute atomic E-state index is 9.14. The van der Waals surface area contributed by atoms with E-state index in [1.807, 2.05) is 12.1 Å². The van der Waals surface area contributed by atoms with E-state index in [2.05, 4.69) is 19.2 Å². The minimum Gasteiger partial charge on any atom is -0.508 e. The van der Waals surface area contributed by atoms with E-state index >= 15 is 0 Å². The summed E-state index contributed by atoms with van der Waals surface area (Å²) in [5, 5.41) is 12.6. The SMILES string of the molecule is CCCC(C)CNCCc1ccc(O)cc1. The number of nitrogens with one attached hydrogen (secondary N) is 1. The minimum atomic E-state index is 0.341. The smallest absolute Gasteiger partial charge is 0.115 e. The van der Waals surface area contributed by atoms with E-state index in [0.717, 1.165) is 25.4 Å². The molecule has 2 nitrogen and oxygen atoms in total. The van der Waals surface area contributed by atoms with Gasteiger partial charge in [0.25, 0.3) is 0 Å². The van der Waals surface area contributed by atoms with Crippen molar-refractivity contribution < 1.29 is 5.11 Å².